The highest BCUT2D eigenvalue weighted by molar-refractivity contribution is 5.89. The van der Waals surface area contributed by atoms with Crippen LogP contribution in [0, 0.1) is 6.92 Å². The van der Waals surface area contributed by atoms with E-state index in [2.05, 4.69) is 26.0 Å². The highest BCUT2D eigenvalue weighted by Gasteiger charge is 2.12. The number of aromatic nitrogens is 3. The maximum absolute atomic E-state index is 12.1. The molecule has 4 aromatic rings. The number of aryl methyl sites for hydroxylation is 2. The second-order valence-corrected chi connectivity index (χ2v) is 7.00. The first-order valence-corrected chi connectivity index (χ1v) is 9.60. The fourth-order valence-corrected chi connectivity index (χ4v) is 3.08. The number of benzene rings is 2. The molecule has 0 aliphatic rings. The average Bonchev–Trinajstić information content (AvgIpc) is 3.39. The summed E-state index contributed by atoms with van der Waals surface area (Å²) in [5.41, 5.74) is 8.66. The standard InChI is InChI=1S/C22H21N5O3/c1-14-6-8-15(9-7-14)22-27-26-21(30-22)11-10-19(28)24-25-20(29)12-16-13-23-18-5-3-2-4-17(16)18/h2-9,13,23H,10-12H2,1H3,(H,24,28)(H,25,29). The Morgan fingerprint density at radius 2 is 1.77 bits per heavy atom. The minimum Gasteiger partial charge on any atom is -0.421 e. The molecule has 0 spiro atoms. The first-order chi connectivity index (χ1) is 14.6. The highest BCUT2D eigenvalue weighted by Crippen LogP contribution is 2.19. The Kier molecular flexibility index (Phi) is 5.56. The van der Waals surface area contributed by atoms with Gasteiger partial charge in [0, 0.05) is 35.5 Å². The van der Waals surface area contributed by atoms with Crippen molar-refractivity contribution in [2.24, 2.45) is 0 Å². The van der Waals surface area contributed by atoms with Crippen LogP contribution >= 0.6 is 0 Å². The molecule has 0 bridgehead atoms. The van der Waals surface area contributed by atoms with Crippen LogP contribution in [0.15, 0.2) is 59.1 Å². The van der Waals surface area contributed by atoms with Gasteiger partial charge >= 0.3 is 0 Å². The second-order valence-electron chi connectivity index (χ2n) is 7.00. The smallest absolute Gasteiger partial charge is 0.247 e. The lowest BCUT2D eigenvalue weighted by molar-refractivity contribution is -0.128. The number of H-pyrrole nitrogens is 1. The van der Waals surface area contributed by atoms with Crippen LogP contribution in [0.3, 0.4) is 0 Å². The molecule has 152 valence electrons. The van der Waals surface area contributed by atoms with Crippen molar-refractivity contribution in [2.45, 2.75) is 26.2 Å². The molecular weight excluding hydrogens is 382 g/mol. The van der Waals surface area contributed by atoms with Crippen LogP contribution in [0.2, 0.25) is 0 Å². The molecule has 0 fully saturated rings. The molecule has 0 aliphatic heterocycles. The predicted molar refractivity (Wildman–Crippen MR) is 111 cm³/mol. The van der Waals surface area contributed by atoms with Gasteiger partial charge in [-0.25, -0.2) is 0 Å². The van der Waals surface area contributed by atoms with E-state index in [4.69, 9.17) is 4.42 Å². The average molecular weight is 403 g/mol. The number of hydrazine groups is 1. The van der Waals surface area contributed by atoms with E-state index in [9.17, 15) is 9.59 Å². The molecule has 8 nitrogen and oxygen atoms in total. The minimum atomic E-state index is -0.336. The summed E-state index contributed by atoms with van der Waals surface area (Å²) in [7, 11) is 0. The molecule has 2 amide bonds. The van der Waals surface area contributed by atoms with Crippen molar-refractivity contribution < 1.29 is 14.0 Å². The number of nitrogens with zero attached hydrogens (tertiary/aromatic N) is 2. The summed E-state index contributed by atoms with van der Waals surface area (Å²) >= 11 is 0. The van der Waals surface area contributed by atoms with E-state index in [1.165, 1.54) is 0 Å². The number of carbonyl (C=O) groups is 2. The number of carbonyl (C=O) groups excluding carboxylic acids is 2. The number of amides is 2. The van der Waals surface area contributed by atoms with Crippen LogP contribution in [0.1, 0.15) is 23.4 Å². The molecular formula is C22H21N5O3. The third-order valence-electron chi connectivity index (χ3n) is 4.70. The van der Waals surface area contributed by atoms with Crippen molar-refractivity contribution in [3.63, 3.8) is 0 Å². The second kappa shape index (κ2) is 8.60. The lowest BCUT2D eigenvalue weighted by atomic mass is 10.1. The van der Waals surface area contributed by atoms with E-state index in [-0.39, 0.29) is 31.1 Å². The lowest BCUT2D eigenvalue weighted by Gasteiger charge is -2.06. The predicted octanol–water partition coefficient (Wildman–Crippen LogP) is 2.85. The van der Waals surface area contributed by atoms with Crippen molar-refractivity contribution in [1.29, 1.82) is 0 Å². The molecule has 4 rings (SSSR count). The maximum atomic E-state index is 12.1. The fourth-order valence-electron chi connectivity index (χ4n) is 3.08. The van der Waals surface area contributed by atoms with E-state index in [1.807, 2.05) is 55.5 Å². The SMILES string of the molecule is Cc1ccc(-c2nnc(CCC(=O)NNC(=O)Cc3c[nH]c4ccccc34)o2)cc1. The van der Waals surface area contributed by atoms with Crippen molar-refractivity contribution in [2.75, 3.05) is 0 Å². The van der Waals surface area contributed by atoms with Crippen LogP contribution in [-0.2, 0) is 22.4 Å². The zero-order valence-electron chi connectivity index (χ0n) is 16.4. The van der Waals surface area contributed by atoms with Gasteiger partial charge in [0.05, 0.1) is 6.42 Å². The summed E-state index contributed by atoms with van der Waals surface area (Å²) in [5.74, 6) is 0.146. The van der Waals surface area contributed by atoms with Crippen LogP contribution in [0.4, 0.5) is 0 Å². The summed E-state index contributed by atoms with van der Waals surface area (Å²) in [4.78, 5) is 27.3. The molecule has 2 heterocycles. The van der Waals surface area contributed by atoms with Crippen molar-refractivity contribution in [3.8, 4) is 11.5 Å². The molecule has 3 N–H and O–H groups in total. The number of para-hydroxylation sites is 1. The zero-order valence-corrected chi connectivity index (χ0v) is 16.4. The molecule has 0 saturated carbocycles. The van der Waals surface area contributed by atoms with Gasteiger partial charge in [-0.3, -0.25) is 20.4 Å². The monoisotopic (exact) mass is 403 g/mol. The molecule has 0 atom stereocenters. The van der Waals surface area contributed by atoms with Crippen LogP contribution in [-0.4, -0.2) is 27.0 Å². The Morgan fingerprint density at radius 1 is 1.00 bits per heavy atom. The quantitative estimate of drug-likeness (QED) is 0.429. The highest BCUT2D eigenvalue weighted by atomic mass is 16.4. The Labute approximate surface area is 172 Å². The van der Waals surface area contributed by atoms with Crippen molar-refractivity contribution in [3.05, 3.63) is 71.7 Å². The van der Waals surface area contributed by atoms with E-state index in [1.54, 1.807) is 6.20 Å². The van der Waals surface area contributed by atoms with Gasteiger partial charge in [0.2, 0.25) is 23.6 Å². The van der Waals surface area contributed by atoms with Crippen LogP contribution < -0.4 is 10.9 Å². The van der Waals surface area contributed by atoms with Gasteiger partial charge in [0.25, 0.3) is 0 Å². The Hall–Kier alpha value is -3.94. The molecule has 8 heteroatoms. The molecule has 30 heavy (non-hydrogen) atoms. The van der Waals surface area contributed by atoms with Gasteiger partial charge in [-0.2, -0.15) is 0 Å². The Bertz CT molecular complexity index is 1180. The summed E-state index contributed by atoms with van der Waals surface area (Å²) in [6.07, 6.45) is 2.35. The molecule has 0 saturated heterocycles. The van der Waals surface area contributed by atoms with Crippen molar-refractivity contribution in [1.82, 2.24) is 26.0 Å². The fraction of sp³-hybridized carbons (Fsp3) is 0.182. The van der Waals surface area contributed by atoms with Gasteiger partial charge in [-0.15, -0.1) is 10.2 Å². The summed E-state index contributed by atoms with van der Waals surface area (Å²) in [5, 5.41) is 8.97. The first-order valence-electron chi connectivity index (χ1n) is 9.60. The lowest BCUT2D eigenvalue weighted by Crippen LogP contribution is -2.42. The minimum absolute atomic E-state index is 0.114. The molecule has 0 aliphatic carbocycles. The normalized spacial score (nSPS) is 10.8. The van der Waals surface area contributed by atoms with Crippen LogP contribution in [0.5, 0.6) is 0 Å². The topological polar surface area (TPSA) is 113 Å². The Morgan fingerprint density at radius 3 is 2.60 bits per heavy atom. The van der Waals surface area contributed by atoms with Crippen molar-refractivity contribution >= 4 is 22.7 Å². The molecule has 0 unspecified atom stereocenters. The number of nitrogens with one attached hydrogen (secondary N) is 3. The van der Waals surface area contributed by atoms with E-state index in [0.717, 1.165) is 27.6 Å². The summed E-state index contributed by atoms with van der Waals surface area (Å²) in [6.45, 7) is 2.00. The third kappa shape index (κ3) is 4.54. The van der Waals surface area contributed by atoms with Gasteiger partial charge in [-0.05, 0) is 30.7 Å². The van der Waals surface area contributed by atoms with Gasteiger partial charge < -0.3 is 9.40 Å². The molecule has 0 radical (unpaired) electrons. The van der Waals surface area contributed by atoms with Gasteiger partial charge in [0.1, 0.15) is 0 Å². The third-order valence-corrected chi connectivity index (χ3v) is 4.70. The number of hydrogen-bond donors (Lipinski definition) is 3. The zero-order chi connectivity index (χ0) is 20.9. The van der Waals surface area contributed by atoms with Gasteiger partial charge in [0.15, 0.2) is 0 Å². The first kappa shape index (κ1) is 19.4. The number of rotatable bonds is 6. The molecule has 2 aromatic heterocycles. The van der Waals surface area contributed by atoms with Crippen LogP contribution in [0.25, 0.3) is 22.4 Å². The van der Waals surface area contributed by atoms with E-state index in [0.29, 0.717) is 11.8 Å². The van der Waals surface area contributed by atoms with E-state index >= 15 is 0 Å². The summed E-state index contributed by atoms with van der Waals surface area (Å²) < 4.78 is 5.60. The Balaban J connectivity index is 1.24. The maximum Gasteiger partial charge on any atom is 0.247 e. The molecule has 2 aromatic carbocycles. The number of fused-ring (bicyclic) bond motifs is 1. The number of aromatic amines is 1. The number of hydrogen-bond acceptors (Lipinski definition) is 5. The van der Waals surface area contributed by atoms with E-state index < -0.39 is 0 Å². The summed E-state index contributed by atoms with van der Waals surface area (Å²) in [6, 6.07) is 15.5. The van der Waals surface area contributed by atoms with Gasteiger partial charge in [-0.1, -0.05) is 35.9 Å². The largest absolute Gasteiger partial charge is 0.421 e.